The third-order valence-corrected chi connectivity index (χ3v) is 1.93. The second-order valence-electron chi connectivity index (χ2n) is 3.38. The fourth-order valence-electron chi connectivity index (χ4n) is 1.19. The molecule has 0 radical (unpaired) electrons. The van der Waals surface area contributed by atoms with Crippen LogP contribution in [-0.2, 0) is 25.8 Å². The monoisotopic (exact) mass is 411 g/mol. The average molecular weight is 410 g/mol. The van der Waals surface area contributed by atoms with Crippen LogP contribution in [0.4, 0.5) is 0 Å². The van der Waals surface area contributed by atoms with Gasteiger partial charge in [0.2, 0.25) is 0 Å². The Labute approximate surface area is 133 Å². The molecular weight excluding hydrogens is 377 g/mol. The van der Waals surface area contributed by atoms with E-state index in [4.69, 9.17) is 5.48 Å². The quantitative estimate of drug-likeness (QED) is 0.361. The van der Waals surface area contributed by atoms with Crippen molar-refractivity contribution >= 4 is 0 Å². The number of hydrogen-bond acceptors (Lipinski definition) is 0. The zero-order valence-corrected chi connectivity index (χ0v) is 15.1. The maximum Gasteiger partial charge on any atom is 4.00 e. The Kier molecular flexibility index (Phi) is 15.9. The molecule has 3 nitrogen and oxygen atoms in total. The second-order valence-corrected chi connectivity index (χ2v) is 3.38. The third-order valence-electron chi connectivity index (χ3n) is 1.93. The van der Waals surface area contributed by atoms with Crippen LogP contribution in [0.25, 0.3) is 16.0 Å². The van der Waals surface area contributed by atoms with E-state index in [1.54, 1.807) is 21.1 Å². The Hall–Kier alpha value is 0.750. The van der Waals surface area contributed by atoms with E-state index in [0.717, 1.165) is 6.54 Å². The zero-order chi connectivity index (χ0) is 14.8. The van der Waals surface area contributed by atoms with E-state index in [-0.39, 0.29) is 39.2 Å². The van der Waals surface area contributed by atoms with Crippen LogP contribution in [0.15, 0.2) is 0 Å². The molecule has 100 valence electrons. The Morgan fingerprint density at radius 3 is 2.06 bits per heavy atom. The molecule has 1 fully saturated rings. The summed E-state index contributed by atoms with van der Waals surface area (Å²) in [5, 5.41) is 11.7. The van der Waals surface area contributed by atoms with Crippen molar-refractivity contribution in [2.45, 2.75) is 32.0 Å². The van der Waals surface area contributed by atoms with Crippen LogP contribution in [-0.4, -0.2) is 40.8 Å². The minimum absolute atomic E-state index is 0. The van der Waals surface area contributed by atoms with Crippen LogP contribution < -0.4 is 0 Å². The van der Waals surface area contributed by atoms with Crippen molar-refractivity contribution in [1.82, 2.24) is 0 Å². The topological polar surface area (TPSA) is 42.3 Å². The number of nitrogens with zero attached hydrogens (tertiary/aromatic N) is 3. The number of rotatable bonds is 6. The van der Waals surface area contributed by atoms with Crippen molar-refractivity contribution in [2.24, 2.45) is 5.92 Å². The molecule has 0 aromatic rings. The van der Waals surface area contributed by atoms with Crippen molar-refractivity contribution in [3.8, 4) is 0 Å². The van der Waals surface area contributed by atoms with E-state index in [1.165, 1.54) is 0 Å². The molecule has 0 aliphatic heterocycles. The summed E-state index contributed by atoms with van der Waals surface area (Å²) in [6, 6.07) is 0. The first-order valence-corrected chi connectivity index (χ1v) is 5.37. The van der Waals surface area contributed by atoms with Crippen molar-refractivity contribution in [3.05, 3.63) is 23.4 Å². The van der Waals surface area contributed by atoms with Gasteiger partial charge in [0.15, 0.2) is 0 Å². The number of likely N-dealkylation sites (N-methyl/N-ethyl adjacent to an activating group) is 1. The molecule has 4 unspecified atom stereocenters. The molecule has 1 rings (SSSR count). The summed E-state index contributed by atoms with van der Waals surface area (Å²) in [6.45, 7) is 2.05. The van der Waals surface area contributed by atoms with Gasteiger partial charge in [0.25, 0.3) is 0 Å². The summed E-state index contributed by atoms with van der Waals surface area (Å²) in [6.07, 6.45) is -1.96. The first-order chi connectivity index (χ1) is 9.01. The van der Waals surface area contributed by atoms with E-state index in [9.17, 15) is 0 Å². The van der Waals surface area contributed by atoms with Crippen molar-refractivity contribution in [3.63, 3.8) is 0 Å². The maximum atomic E-state index is 7.78. The average Bonchev–Trinajstić information content (AvgIpc) is 2.56. The third kappa shape index (κ3) is 16.8. The molecule has 0 spiro atoms. The summed E-state index contributed by atoms with van der Waals surface area (Å²) in [5.74, 6) is -0.160. The molecular formula is C13H29HfN3. The molecule has 1 aliphatic rings. The summed E-state index contributed by atoms with van der Waals surface area (Å²) < 4.78 is 30.8. The van der Waals surface area contributed by atoms with Crippen molar-refractivity contribution in [1.29, 1.82) is 0 Å². The second kappa shape index (κ2) is 19.1. The molecule has 4 heteroatoms. The van der Waals surface area contributed by atoms with E-state index in [2.05, 4.69) is 16.0 Å². The standard InChI is InChI=1S/C10H20N2.C2H6N.CH3.Hf/c1-11-8-9-12-7-6-10-4-2-3-5-10;1-3-2;;/h10H,2-9H2,1H3;1-2H3;1H3;/q-2;2*-1;+4/i2D,3D,4D,5D;;;. The summed E-state index contributed by atoms with van der Waals surface area (Å²) in [4.78, 5) is 0. The predicted octanol–water partition coefficient (Wildman–Crippen LogP) is 4.01. The van der Waals surface area contributed by atoms with Gasteiger partial charge in [-0.3, -0.25) is 0 Å². The van der Waals surface area contributed by atoms with Crippen LogP contribution in [0.2, 0.25) is 0 Å². The van der Waals surface area contributed by atoms with Gasteiger partial charge in [-0.2, -0.15) is 34.2 Å². The molecule has 0 aromatic heterocycles. The number of hydrogen-bond donors (Lipinski definition) is 0. The van der Waals surface area contributed by atoms with Gasteiger partial charge in [-0.1, -0.05) is 32.0 Å². The van der Waals surface area contributed by atoms with E-state index in [1.807, 2.05) is 0 Å². The molecule has 17 heavy (non-hydrogen) atoms. The van der Waals surface area contributed by atoms with Crippen molar-refractivity contribution < 1.29 is 31.3 Å². The molecule has 0 N–H and O–H groups in total. The minimum Gasteiger partial charge on any atom is -0.668 e. The van der Waals surface area contributed by atoms with Crippen LogP contribution in [0.5, 0.6) is 0 Å². The normalized spacial score (nSPS) is 38.2. The van der Waals surface area contributed by atoms with Gasteiger partial charge < -0.3 is 23.4 Å². The first kappa shape index (κ1) is 14.2. The SMILES string of the molecule is C[N-]C.[2H]C1C([2H])C([2H])C(CC[N-]CC[N-]C)C1[2H].[CH3-].[Hf+4]. The van der Waals surface area contributed by atoms with E-state index >= 15 is 0 Å². The molecule has 0 aromatic carbocycles. The molecule has 0 heterocycles. The smallest absolute Gasteiger partial charge is 0.668 e. The van der Waals surface area contributed by atoms with Crippen molar-refractivity contribution in [2.75, 3.05) is 40.8 Å². The van der Waals surface area contributed by atoms with Crippen LogP contribution >= 0.6 is 0 Å². The van der Waals surface area contributed by atoms with Gasteiger partial charge in [0, 0.05) is 5.48 Å². The van der Waals surface area contributed by atoms with Gasteiger partial charge in [0.1, 0.15) is 0 Å². The predicted molar refractivity (Wildman–Crippen MR) is 75.4 cm³/mol. The first-order valence-electron chi connectivity index (χ1n) is 7.67. The summed E-state index contributed by atoms with van der Waals surface area (Å²) >= 11 is 0. The zero-order valence-electron chi connectivity index (χ0n) is 15.6. The summed E-state index contributed by atoms with van der Waals surface area (Å²) in [5.41, 5.74) is 0. The molecule has 1 aliphatic carbocycles. The van der Waals surface area contributed by atoms with Gasteiger partial charge in [-0.05, 0) is 5.92 Å². The van der Waals surface area contributed by atoms with Gasteiger partial charge >= 0.3 is 25.8 Å². The van der Waals surface area contributed by atoms with Gasteiger partial charge in [-0.15, -0.1) is 6.54 Å². The van der Waals surface area contributed by atoms with Gasteiger partial charge in [0.05, 0.1) is 0 Å². The maximum absolute atomic E-state index is 7.78. The Morgan fingerprint density at radius 2 is 1.59 bits per heavy atom. The van der Waals surface area contributed by atoms with Crippen LogP contribution in [0, 0.1) is 13.3 Å². The molecule has 4 atom stereocenters. The fraction of sp³-hybridized carbons (Fsp3) is 0.923. The minimum atomic E-state index is -0.724. The van der Waals surface area contributed by atoms with E-state index in [0.29, 0.717) is 19.5 Å². The molecule has 1 saturated carbocycles. The molecule has 0 saturated heterocycles. The van der Waals surface area contributed by atoms with Gasteiger partial charge in [-0.25, -0.2) is 0 Å². The van der Waals surface area contributed by atoms with E-state index < -0.39 is 25.6 Å². The Morgan fingerprint density at radius 1 is 1.06 bits per heavy atom. The van der Waals surface area contributed by atoms with Crippen LogP contribution in [0.3, 0.4) is 0 Å². The Bertz CT molecular complexity index is 214. The Balaban J connectivity index is -0.000000596. The van der Waals surface area contributed by atoms with Crippen LogP contribution in [0.1, 0.15) is 37.5 Å². The fourth-order valence-corrected chi connectivity index (χ4v) is 1.19. The molecule has 0 bridgehead atoms. The largest absolute Gasteiger partial charge is 4.00 e. The molecule has 0 amide bonds. The summed E-state index contributed by atoms with van der Waals surface area (Å²) in [7, 11) is 5.25.